The Hall–Kier alpha value is -2.64. The second-order valence-corrected chi connectivity index (χ2v) is 5.32. The van der Waals surface area contributed by atoms with Gasteiger partial charge in [-0.3, -0.25) is 0 Å². The minimum Gasteiger partial charge on any atom is -0.497 e. The first-order chi connectivity index (χ1) is 10.3. The maximum absolute atomic E-state index is 8.83. The lowest BCUT2D eigenvalue weighted by Gasteiger charge is -2.01. The SMILES string of the molecule is COc1cccc(-c2nc(-c3ccc(C#N)cc3)cs2)c1. The van der Waals surface area contributed by atoms with E-state index in [9.17, 15) is 0 Å². The Morgan fingerprint density at radius 3 is 2.62 bits per heavy atom. The first-order valence-corrected chi connectivity index (χ1v) is 7.28. The maximum atomic E-state index is 8.83. The standard InChI is InChI=1S/C17H12N2OS/c1-20-15-4-2-3-14(9-15)17-19-16(11-21-17)13-7-5-12(10-18)6-8-13/h2-9,11H,1H3. The molecule has 0 amide bonds. The number of nitrogens with zero attached hydrogens (tertiary/aromatic N) is 2. The molecule has 1 heterocycles. The first kappa shape index (κ1) is 13.3. The molecule has 0 saturated heterocycles. The molecule has 3 aromatic rings. The van der Waals surface area contributed by atoms with Gasteiger partial charge in [-0.2, -0.15) is 5.26 Å². The molecule has 0 aliphatic carbocycles. The van der Waals surface area contributed by atoms with Crippen LogP contribution in [-0.4, -0.2) is 12.1 Å². The molecule has 1 aromatic heterocycles. The van der Waals surface area contributed by atoms with Crippen molar-refractivity contribution >= 4 is 11.3 Å². The van der Waals surface area contributed by atoms with Gasteiger partial charge in [0.1, 0.15) is 10.8 Å². The summed E-state index contributed by atoms with van der Waals surface area (Å²) >= 11 is 1.59. The van der Waals surface area contributed by atoms with E-state index in [1.165, 1.54) is 0 Å². The van der Waals surface area contributed by atoms with Crippen LogP contribution in [-0.2, 0) is 0 Å². The van der Waals surface area contributed by atoms with Crippen LogP contribution in [0, 0.1) is 11.3 Å². The third kappa shape index (κ3) is 2.78. The monoisotopic (exact) mass is 292 g/mol. The van der Waals surface area contributed by atoms with Crippen LogP contribution in [0.4, 0.5) is 0 Å². The van der Waals surface area contributed by atoms with Crippen molar-refractivity contribution in [3.8, 4) is 33.6 Å². The van der Waals surface area contributed by atoms with Crippen molar-refractivity contribution in [3.05, 3.63) is 59.5 Å². The predicted molar refractivity (Wildman–Crippen MR) is 84.3 cm³/mol. The van der Waals surface area contributed by atoms with E-state index >= 15 is 0 Å². The Morgan fingerprint density at radius 1 is 1.10 bits per heavy atom. The van der Waals surface area contributed by atoms with Gasteiger partial charge in [0.2, 0.25) is 0 Å². The quantitative estimate of drug-likeness (QED) is 0.720. The highest BCUT2D eigenvalue weighted by Gasteiger charge is 2.07. The molecule has 0 radical (unpaired) electrons. The highest BCUT2D eigenvalue weighted by molar-refractivity contribution is 7.13. The topological polar surface area (TPSA) is 45.9 Å². The number of hydrogen-bond donors (Lipinski definition) is 0. The van der Waals surface area contributed by atoms with Gasteiger partial charge in [0, 0.05) is 16.5 Å². The fraction of sp³-hybridized carbons (Fsp3) is 0.0588. The lowest BCUT2D eigenvalue weighted by atomic mass is 10.1. The fourth-order valence-corrected chi connectivity index (χ4v) is 2.84. The molecule has 0 spiro atoms. The van der Waals surface area contributed by atoms with E-state index in [-0.39, 0.29) is 0 Å². The predicted octanol–water partition coefficient (Wildman–Crippen LogP) is 4.36. The molecule has 0 fully saturated rings. The molecular formula is C17H12N2OS. The Bertz CT molecular complexity index is 800. The fourth-order valence-electron chi connectivity index (χ4n) is 2.01. The summed E-state index contributed by atoms with van der Waals surface area (Å²) in [5.74, 6) is 0.822. The molecule has 4 heteroatoms. The van der Waals surface area contributed by atoms with Crippen molar-refractivity contribution in [2.45, 2.75) is 0 Å². The zero-order valence-electron chi connectivity index (χ0n) is 11.4. The van der Waals surface area contributed by atoms with Crippen molar-refractivity contribution in [3.63, 3.8) is 0 Å². The van der Waals surface area contributed by atoms with Crippen LogP contribution in [0.3, 0.4) is 0 Å². The van der Waals surface area contributed by atoms with Crippen LogP contribution in [0.2, 0.25) is 0 Å². The van der Waals surface area contributed by atoms with E-state index < -0.39 is 0 Å². The molecule has 0 aliphatic rings. The van der Waals surface area contributed by atoms with Gasteiger partial charge in [-0.25, -0.2) is 4.98 Å². The van der Waals surface area contributed by atoms with Crippen molar-refractivity contribution in [1.29, 1.82) is 5.26 Å². The van der Waals surface area contributed by atoms with Crippen LogP contribution in [0.15, 0.2) is 53.9 Å². The Morgan fingerprint density at radius 2 is 1.90 bits per heavy atom. The molecule has 3 rings (SSSR count). The summed E-state index contributed by atoms with van der Waals surface area (Å²) in [6.45, 7) is 0. The van der Waals surface area contributed by atoms with E-state index in [1.54, 1.807) is 30.6 Å². The first-order valence-electron chi connectivity index (χ1n) is 6.40. The number of rotatable bonds is 3. The van der Waals surface area contributed by atoms with Gasteiger partial charge >= 0.3 is 0 Å². The molecule has 0 N–H and O–H groups in total. The Balaban J connectivity index is 1.93. The van der Waals surface area contributed by atoms with E-state index in [2.05, 4.69) is 11.1 Å². The van der Waals surface area contributed by atoms with Gasteiger partial charge in [0.05, 0.1) is 24.4 Å². The van der Waals surface area contributed by atoms with Crippen LogP contribution in [0.1, 0.15) is 5.56 Å². The van der Waals surface area contributed by atoms with Gasteiger partial charge in [-0.05, 0) is 24.3 Å². The van der Waals surface area contributed by atoms with Gasteiger partial charge in [-0.15, -0.1) is 11.3 Å². The molecule has 0 atom stereocenters. The Kier molecular flexibility index (Phi) is 3.67. The molecule has 102 valence electrons. The highest BCUT2D eigenvalue weighted by atomic mass is 32.1. The van der Waals surface area contributed by atoms with Crippen molar-refractivity contribution < 1.29 is 4.74 Å². The second kappa shape index (κ2) is 5.78. The lowest BCUT2D eigenvalue weighted by Crippen LogP contribution is -1.84. The molecule has 2 aromatic carbocycles. The summed E-state index contributed by atoms with van der Waals surface area (Å²) < 4.78 is 5.24. The minimum absolute atomic E-state index is 0.655. The zero-order chi connectivity index (χ0) is 14.7. The molecule has 0 bridgehead atoms. The third-order valence-corrected chi connectivity index (χ3v) is 4.02. The Labute approximate surface area is 127 Å². The van der Waals surface area contributed by atoms with Gasteiger partial charge in [0.25, 0.3) is 0 Å². The number of nitriles is 1. The number of ether oxygens (including phenoxy) is 1. The van der Waals surface area contributed by atoms with Crippen LogP contribution in [0.5, 0.6) is 5.75 Å². The van der Waals surface area contributed by atoms with Crippen molar-refractivity contribution in [2.24, 2.45) is 0 Å². The molecule has 0 unspecified atom stereocenters. The summed E-state index contributed by atoms with van der Waals surface area (Å²) in [4.78, 5) is 4.66. The number of benzene rings is 2. The number of hydrogen-bond acceptors (Lipinski definition) is 4. The molecule has 0 aliphatic heterocycles. The van der Waals surface area contributed by atoms with Gasteiger partial charge < -0.3 is 4.74 Å². The van der Waals surface area contributed by atoms with E-state index in [4.69, 9.17) is 10.00 Å². The van der Waals surface area contributed by atoms with Gasteiger partial charge in [0.15, 0.2) is 0 Å². The summed E-state index contributed by atoms with van der Waals surface area (Å²) in [5, 5.41) is 11.8. The minimum atomic E-state index is 0.655. The van der Waals surface area contributed by atoms with Crippen molar-refractivity contribution in [1.82, 2.24) is 4.98 Å². The number of aromatic nitrogens is 1. The number of methoxy groups -OCH3 is 1. The maximum Gasteiger partial charge on any atom is 0.124 e. The average Bonchev–Trinajstić information content (AvgIpc) is 3.05. The highest BCUT2D eigenvalue weighted by Crippen LogP contribution is 2.30. The smallest absolute Gasteiger partial charge is 0.124 e. The summed E-state index contributed by atoms with van der Waals surface area (Å²) in [7, 11) is 1.66. The normalized spacial score (nSPS) is 10.1. The van der Waals surface area contributed by atoms with E-state index in [1.807, 2.05) is 41.8 Å². The molecule has 0 saturated carbocycles. The van der Waals surface area contributed by atoms with Crippen LogP contribution >= 0.6 is 11.3 Å². The molecule has 21 heavy (non-hydrogen) atoms. The van der Waals surface area contributed by atoms with Crippen molar-refractivity contribution in [2.75, 3.05) is 7.11 Å². The third-order valence-electron chi connectivity index (χ3n) is 3.13. The molecular weight excluding hydrogens is 280 g/mol. The molecule has 3 nitrogen and oxygen atoms in total. The number of thiazole rings is 1. The lowest BCUT2D eigenvalue weighted by molar-refractivity contribution is 0.415. The zero-order valence-corrected chi connectivity index (χ0v) is 12.2. The summed E-state index contributed by atoms with van der Waals surface area (Å²) in [6.07, 6.45) is 0. The van der Waals surface area contributed by atoms with E-state index in [0.717, 1.165) is 27.6 Å². The summed E-state index contributed by atoms with van der Waals surface area (Å²) in [5.41, 5.74) is 3.63. The van der Waals surface area contributed by atoms with E-state index in [0.29, 0.717) is 5.56 Å². The second-order valence-electron chi connectivity index (χ2n) is 4.46. The van der Waals surface area contributed by atoms with Crippen LogP contribution in [0.25, 0.3) is 21.8 Å². The van der Waals surface area contributed by atoms with Gasteiger partial charge in [-0.1, -0.05) is 24.3 Å². The van der Waals surface area contributed by atoms with Crippen LogP contribution < -0.4 is 4.74 Å². The largest absolute Gasteiger partial charge is 0.497 e. The summed E-state index contributed by atoms with van der Waals surface area (Å²) in [6, 6.07) is 17.4. The average molecular weight is 292 g/mol.